The van der Waals surface area contributed by atoms with E-state index in [1.165, 1.54) is 18.2 Å². The highest BCUT2D eigenvalue weighted by Gasteiger charge is 2.25. The summed E-state index contributed by atoms with van der Waals surface area (Å²) >= 11 is 0. The molecule has 0 saturated heterocycles. The van der Waals surface area contributed by atoms with Gasteiger partial charge in [-0.1, -0.05) is 226 Å². The first-order valence-electron chi connectivity index (χ1n) is 36.5. The molecule has 5 heteroatoms. The van der Waals surface area contributed by atoms with Gasteiger partial charge in [0.05, 0.1) is 58.1 Å². The molecular weight excluding hydrogens is 1010 g/mol. The summed E-state index contributed by atoms with van der Waals surface area (Å²) in [6, 6.07) is 28.0. The largest absolute Gasteiger partial charge is 0.458 e. The molecule has 5 nitrogen and oxygen atoms in total. The third-order valence-electron chi connectivity index (χ3n) is 15.0. The molecule has 13 rings (SSSR count). The Morgan fingerprint density at radius 2 is 1.01 bits per heavy atom. The van der Waals surface area contributed by atoms with Crippen molar-refractivity contribution >= 4 is 32.8 Å². The molecule has 13 aromatic rings. The van der Waals surface area contributed by atoms with Gasteiger partial charge < -0.3 is 4.74 Å². The van der Waals surface area contributed by atoms with E-state index in [4.69, 9.17) is 22.1 Å². The number of fused-ring (bicyclic) bond motifs is 4. The van der Waals surface area contributed by atoms with Gasteiger partial charge in [0, 0.05) is 23.0 Å². The molecule has 0 unspecified atom stereocenters. The fraction of sp³-hybridized carbons (Fsp3) is 0.154. The molecule has 83 heavy (non-hydrogen) atoms. The van der Waals surface area contributed by atoms with Crippen molar-refractivity contribution in [3.63, 3.8) is 0 Å². The zero-order valence-corrected chi connectivity index (χ0v) is 47.5. The first-order valence-corrected chi connectivity index (χ1v) is 27.5. The lowest BCUT2D eigenvalue weighted by molar-refractivity contribution is -0.571. The summed E-state index contributed by atoms with van der Waals surface area (Å²) in [7, 11) is 0. The minimum absolute atomic E-state index is 0.0655. The Hall–Kier alpha value is -9.58. The van der Waals surface area contributed by atoms with Crippen LogP contribution in [0, 0.1) is 6.33 Å². The molecule has 0 fully saturated rings. The SMILES string of the molecule is [2H]c1c([2H])c([2H])c(-c2cccc(-c3c([2H])c(-c4c([2H])c([2H])c([2H])c([2H])c4[2H])c([2H])c(-c4c([2H])c([2H])c([2H])c([2H])c4[2H])c3[2H])c2-[n+]2[c-]n(-c3cccc(Oc4ccc5c6ccccc6n(-c6cc(C(C)(C)C)ccn6)c5c4)c3)c3cc(-c4cc(C(C)(C)C)cc(C(C)(C)C)c4)ccc32)c([2H])c1[2H]. The van der Waals surface area contributed by atoms with Gasteiger partial charge in [0.25, 0.3) is 6.33 Å². The normalized spacial score (nSPS) is 15.2. The van der Waals surface area contributed by atoms with Crippen molar-refractivity contribution in [1.82, 2.24) is 14.1 Å². The summed E-state index contributed by atoms with van der Waals surface area (Å²) in [5.74, 6) is 1.63. The third-order valence-corrected chi connectivity index (χ3v) is 15.0. The van der Waals surface area contributed by atoms with Crippen molar-refractivity contribution in [2.24, 2.45) is 0 Å². The first kappa shape index (κ1) is 36.0. The van der Waals surface area contributed by atoms with E-state index >= 15 is 0 Å². The van der Waals surface area contributed by atoms with Crippen LogP contribution in [0.2, 0.25) is 0 Å². The third kappa shape index (κ3) is 10.2. The summed E-state index contributed by atoms with van der Waals surface area (Å²) in [6.07, 6.45) is 5.38. The van der Waals surface area contributed by atoms with Gasteiger partial charge in [-0.25, -0.2) is 4.98 Å². The van der Waals surface area contributed by atoms with Gasteiger partial charge in [-0.2, -0.15) is 0 Å². The Bertz CT molecular complexity index is 5480. The Labute approximate surface area is 513 Å². The fourth-order valence-electron chi connectivity index (χ4n) is 10.6. The lowest BCUT2D eigenvalue weighted by Gasteiger charge is -2.26. The number of hydrogen-bond donors (Lipinski definition) is 0. The summed E-state index contributed by atoms with van der Waals surface area (Å²) in [4.78, 5) is 4.88. The standard InChI is InChI=1S/C78H68N4O/c1-76(2,3)60-39-40-79-74(48-60)82-70-34-20-19-31-68(70)69-37-36-65(50-72(69)82)83-64-30-21-29-63(49-64)80-51-81(71-38-35-55(46-73(71)80)58-44-61(77(4,5)6)47-62(45-58)78(7,8)9)75-66(54-27-17-12-18-28-54)32-22-33-67(75)59-42-56(52-23-13-10-14-24-52)41-57(43-59)53-25-15-11-16-26-53/h10-50H,1-9H3/i10D,11D,12D,13D,14D,15D,16D,17D,18D,23D,24D,25D,26D,27D,28D,41D,42D,43D. The Morgan fingerprint density at radius 1 is 0.434 bits per heavy atom. The van der Waals surface area contributed by atoms with E-state index < -0.39 is 137 Å². The van der Waals surface area contributed by atoms with E-state index in [0.717, 1.165) is 55.4 Å². The minimum Gasteiger partial charge on any atom is -0.458 e. The number of para-hydroxylation sites is 2. The van der Waals surface area contributed by atoms with Gasteiger partial charge in [0.15, 0.2) is 0 Å². The minimum atomic E-state index is -0.870. The number of imidazole rings is 1. The highest BCUT2D eigenvalue weighted by molar-refractivity contribution is 6.09. The van der Waals surface area contributed by atoms with E-state index in [0.29, 0.717) is 28.2 Å². The predicted molar refractivity (Wildman–Crippen MR) is 346 cm³/mol. The van der Waals surface area contributed by atoms with E-state index in [1.54, 1.807) is 9.13 Å². The number of aromatic nitrogens is 4. The number of benzene rings is 10. The Morgan fingerprint density at radius 3 is 1.66 bits per heavy atom. The van der Waals surface area contributed by atoms with Crippen LogP contribution in [0.1, 0.15) is 104 Å². The molecule has 0 atom stereocenters. The second-order valence-electron chi connectivity index (χ2n) is 23.8. The Balaban J connectivity index is 1.13. The molecule has 0 bridgehead atoms. The van der Waals surface area contributed by atoms with Gasteiger partial charge in [0.1, 0.15) is 17.3 Å². The van der Waals surface area contributed by atoms with E-state index in [-0.39, 0.29) is 38.6 Å². The van der Waals surface area contributed by atoms with E-state index in [1.807, 2.05) is 85.1 Å². The van der Waals surface area contributed by atoms with Gasteiger partial charge in [-0.05, 0) is 161 Å². The Kier molecular flexibility index (Phi) is 9.00. The number of hydrogen-bond acceptors (Lipinski definition) is 2. The van der Waals surface area contributed by atoms with Crippen molar-refractivity contribution in [2.75, 3.05) is 0 Å². The summed E-state index contributed by atoms with van der Waals surface area (Å²) in [5, 5.41) is 2.00. The highest BCUT2D eigenvalue weighted by Crippen LogP contribution is 2.42. The predicted octanol–water partition coefficient (Wildman–Crippen LogP) is 20.2. The molecule has 10 aromatic carbocycles. The highest BCUT2D eigenvalue weighted by atomic mass is 16.5. The molecule has 3 aromatic heterocycles. The average molecular weight is 1100 g/mol. The van der Waals surface area contributed by atoms with Crippen LogP contribution in [0.15, 0.2) is 248 Å². The molecule has 0 amide bonds. The quantitative estimate of drug-likeness (QED) is 0.101. The lowest BCUT2D eigenvalue weighted by atomic mass is 9.79. The molecule has 0 aliphatic rings. The maximum absolute atomic E-state index is 10.3. The summed E-state index contributed by atoms with van der Waals surface area (Å²) in [5.41, 5.74) is 3.57. The van der Waals surface area contributed by atoms with Crippen LogP contribution < -0.4 is 9.30 Å². The van der Waals surface area contributed by atoms with Crippen LogP contribution in [0.5, 0.6) is 11.5 Å². The topological polar surface area (TPSA) is 35.9 Å². The number of ether oxygens (including phenoxy) is 1. The van der Waals surface area contributed by atoms with Crippen LogP contribution in [0.25, 0.3) is 106 Å². The van der Waals surface area contributed by atoms with Crippen molar-refractivity contribution < 1.29 is 34.0 Å². The van der Waals surface area contributed by atoms with Crippen LogP contribution in [0.3, 0.4) is 0 Å². The molecule has 406 valence electrons. The zero-order chi connectivity index (χ0) is 72.9. The smallest absolute Gasteiger partial charge is 0.269 e. The molecule has 0 saturated carbocycles. The number of nitrogens with zero attached hydrogens (tertiary/aromatic N) is 4. The summed E-state index contributed by atoms with van der Waals surface area (Å²) in [6.45, 7) is 19.3. The average Bonchev–Trinajstić information content (AvgIpc) is 1.10. The van der Waals surface area contributed by atoms with Crippen LogP contribution >= 0.6 is 0 Å². The molecule has 3 heterocycles. The first-order chi connectivity index (χ1) is 47.5. The maximum atomic E-state index is 10.3. The van der Waals surface area contributed by atoms with Crippen LogP contribution in [0.4, 0.5) is 0 Å². The van der Waals surface area contributed by atoms with Gasteiger partial charge in [0.2, 0.25) is 0 Å². The molecule has 0 spiro atoms. The molecule has 0 aliphatic carbocycles. The van der Waals surface area contributed by atoms with Crippen LogP contribution in [-0.2, 0) is 16.2 Å². The van der Waals surface area contributed by atoms with Gasteiger partial charge in [-0.3, -0.25) is 13.7 Å². The zero-order valence-electron chi connectivity index (χ0n) is 65.5. The van der Waals surface area contributed by atoms with E-state index in [9.17, 15) is 12.3 Å². The van der Waals surface area contributed by atoms with Crippen molar-refractivity contribution in [2.45, 2.75) is 78.6 Å². The van der Waals surface area contributed by atoms with Crippen LogP contribution in [-0.4, -0.2) is 14.1 Å². The van der Waals surface area contributed by atoms with Gasteiger partial charge in [-0.15, -0.1) is 0 Å². The molecule has 0 aliphatic heterocycles. The monoisotopic (exact) mass is 1090 g/mol. The van der Waals surface area contributed by atoms with Crippen molar-refractivity contribution in [3.8, 4) is 84.3 Å². The van der Waals surface area contributed by atoms with E-state index in [2.05, 4.69) is 110 Å². The molecule has 0 radical (unpaired) electrons. The number of pyridine rings is 1. The lowest BCUT2D eigenvalue weighted by Crippen LogP contribution is -2.31. The number of rotatable bonds is 10. The summed E-state index contributed by atoms with van der Waals surface area (Å²) < 4.78 is 178. The van der Waals surface area contributed by atoms with Crippen molar-refractivity contribution in [1.29, 1.82) is 0 Å². The van der Waals surface area contributed by atoms with Gasteiger partial charge >= 0.3 is 0 Å². The maximum Gasteiger partial charge on any atom is 0.269 e. The molecule has 0 N–H and O–H groups in total. The fourth-order valence-corrected chi connectivity index (χ4v) is 10.6. The second kappa shape index (κ2) is 20.8. The van der Waals surface area contributed by atoms with Crippen molar-refractivity contribution in [3.05, 3.63) is 271 Å². The molecular formula is C78H68N4O. The second-order valence-corrected chi connectivity index (χ2v) is 23.8.